The van der Waals surface area contributed by atoms with Crippen LogP contribution in [0.3, 0.4) is 0 Å². The number of ether oxygens (including phenoxy) is 1. The van der Waals surface area contributed by atoms with E-state index in [0.717, 1.165) is 26.1 Å². The first-order valence-electron chi connectivity index (χ1n) is 7.08. The Hall–Kier alpha value is -0.870. The summed E-state index contributed by atoms with van der Waals surface area (Å²) < 4.78 is 7.06. The molecule has 1 rings (SSSR count). The Labute approximate surface area is 117 Å². The summed E-state index contributed by atoms with van der Waals surface area (Å²) in [5, 5.41) is 8.08. The van der Waals surface area contributed by atoms with Gasteiger partial charge in [0.15, 0.2) is 0 Å². The molecule has 0 aliphatic heterocycles. The maximum Gasteiger partial charge on any atom is 0.0694 e. The number of hydrogen-bond acceptors (Lipinski definition) is 3. The maximum atomic E-state index is 5.16. The van der Waals surface area contributed by atoms with Crippen LogP contribution in [0.1, 0.15) is 51.3 Å². The molecule has 0 radical (unpaired) electrons. The molecule has 1 aromatic rings. The standard InChI is InChI=1S/C15H29N3O/c1-12(2)14-13(10-18(5)17-14)9-16-11-15(3,4)7-8-19-6/h10,12,16H,7-9,11H2,1-6H3. The Morgan fingerprint density at radius 2 is 2.11 bits per heavy atom. The topological polar surface area (TPSA) is 39.1 Å². The average molecular weight is 267 g/mol. The zero-order valence-electron chi connectivity index (χ0n) is 13.3. The monoisotopic (exact) mass is 267 g/mol. The van der Waals surface area contributed by atoms with Gasteiger partial charge in [0.2, 0.25) is 0 Å². The molecule has 0 saturated carbocycles. The molecule has 19 heavy (non-hydrogen) atoms. The molecule has 4 heteroatoms. The summed E-state index contributed by atoms with van der Waals surface area (Å²) in [6, 6.07) is 0. The van der Waals surface area contributed by atoms with Crippen molar-refractivity contribution in [3.8, 4) is 0 Å². The Bertz CT molecular complexity index is 383. The van der Waals surface area contributed by atoms with Crippen molar-refractivity contribution in [2.45, 2.75) is 46.6 Å². The van der Waals surface area contributed by atoms with E-state index in [0.29, 0.717) is 5.92 Å². The van der Waals surface area contributed by atoms with Gasteiger partial charge in [0.1, 0.15) is 0 Å². The van der Waals surface area contributed by atoms with Crippen molar-refractivity contribution in [2.24, 2.45) is 12.5 Å². The lowest BCUT2D eigenvalue weighted by atomic mass is 9.89. The third kappa shape index (κ3) is 5.33. The molecule has 4 nitrogen and oxygen atoms in total. The van der Waals surface area contributed by atoms with Crippen molar-refractivity contribution in [2.75, 3.05) is 20.3 Å². The van der Waals surface area contributed by atoms with Gasteiger partial charge in [0.25, 0.3) is 0 Å². The van der Waals surface area contributed by atoms with Gasteiger partial charge in [-0.1, -0.05) is 27.7 Å². The van der Waals surface area contributed by atoms with E-state index in [1.54, 1.807) is 7.11 Å². The van der Waals surface area contributed by atoms with Crippen LogP contribution < -0.4 is 5.32 Å². The number of methoxy groups -OCH3 is 1. The summed E-state index contributed by atoms with van der Waals surface area (Å²) >= 11 is 0. The van der Waals surface area contributed by atoms with Crippen LogP contribution >= 0.6 is 0 Å². The number of nitrogens with zero attached hydrogens (tertiary/aromatic N) is 2. The van der Waals surface area contributed by atoms with Crippen molar-refractivity contribution in [3.63, 3.8) is 0 Å². The SMILES string of the molecule is COCCC(C)(C)CNCc1cn(C)nc1C(C)C. The van der Waals surface area contributed by atoms with E-state index < -0.39 is 0 Å². The molecule has 0 saturated heterocycles. The van der Waals surface area contributed by atoms with Gasteiger partial charge >= 0.3 is 0 Å². The molecule has 1 heterocycles. The number of rotatable bonds is 8. The maximum absolute atomic E-state index is 5.16. The van der Waals surface area contributed by atoms with Gasteiger partial charge in [0, 0.05) is 45.6 Å². The van der Waals surface area contributed by atoms with Gasteiger partial charge in [0.05, 0.1) is 5.69 Å². The van der Waals surface area contributed by atoms with Gasteiger partial charge in [-0.15, -0.1) is 0 Å². The molecule has 0 fully saturated rings. The van der Waals surface area contributed by atoms with Gasteiger partial charge < -0.3 is 10.1 Å². The quantitative estimate of drug-likeness (QED) is 0.787. The molecular weight excluding hydrogens is 238 g/mol. The van der Waals surface area contributed by atoms with Crippen LogP contribution in [0, 0.1) is 5.41 Å². The fourth-order valence-electron chi connectivity index (χ4n) is 2.18. The first-order valence-corrected chi connectivity index (χ1v) is 7.08. The van der Waals surface area contributed by atoms with E-state index in [4.69, 9.17) is 4.74 Å². The van der Waals surface area contributed by atoms with Crippen molar-refractivity contribution in [3.05, 3.63) is 17.5 Å². The average Bonchev–Trinajstić information content (AvgIpc) is 2.68. The van der Waals surface area contributed by atoms with E-state index in [-0.39, 0.29) is 5.41 Å². The smallest absolute Gasteiger partial charge is 0.0694 e. The summed E-state index contributed by atoms with van der Waals surface area (Å²) in [4.78, 5) is 0. The first-order chi connectivity index (χ1) is 8.85. The summed E-state index contributed by atoms with van der Waals surface area (Å²) in [6.07, 6.45) is 3.19. The lowest BCUT2D eigenvalue weighted by Gasteiger charge is -2.24. The number of aryl methyl sites for hydroxylation is 1. The molecule has 110 valence electrons. The van der Waals surface area contributed by atoms with E-state index in [2.05, 4.69) is 44.3 Å². The van der Waals surface area contributed by atoms with Crippen LogP contribution in [-0.4, -0.2) is 30.0 Å². The molecule has 0 aromatic carbocycles. The summed E-state index contributed by atoms with van der Waals surface area (Å²) in [6.45, 7) is 11.6. The van der Waals surface area contributed by atoms with Gasteiger partial charge in [-0.05, 0) is 17.8 Å². The minimum Gasteiger partial charge on any atom is -0.385 e. The Morgan fingerprint density at radius 3 is 2.68 bits per heavy atom. The molecule has 0 aliphatic carbocycles. The second-order valence-electron chi connectivity index (χ2n) is 6.38. The molecule has 0 atom stereocenters. The molecule has 0 unspecified atom stereocenters. The molecular formula is C15H29N3O. The van der Waals surface area contributed by atoms with Crippen molar-refractivity contribution in [1.29, 1.82) is 0 Å². The van der Waals surface area contributed by atoms with Gasteiger partial charge in [-0.2, -0.15) is 5.10 Å². The van der Waals surface area contributed by atoms with E-state index in [1.165, 1.54) is 11.3 Å². The highest BCUT2D eigenvalue weighted by Crippen LogP contribution is 2.20. The van der Waals surface area contributed by atoms with Crippen molar-refractivity contribution in [1.82, 2.24) is 15.1 Å². The van der Waals surface area contributed by atoms with Crippen LogP contribution in [-0.2, 0) is 18.3 Å². The molecule has 0 amide bonds. The van der Waals surface area contributed by atoms with Crippen LogP contribution in [0.5, 0.6) is 0 Å². The van der Waals surface area contributed by atoms with E-state index in [9.17, 15) is 0 Å². The fraction of sp³-hybridized carbons (Fsp3) is 0.800. The Kier molecular flexibility index (Phi) is 6.01. The second kappa shape index (κ2) is 7.06. The predicted octanol–water partition coefficient (Wildman–Crippen LogP) is 2.70. The van der Waals surface area contributed by atoms with Gasteiger partial charge in [-0.3, -0.25) is 4.68 Å². The third-order valence-corrected chi connectivity index (χ3v) is 3.39. The summed E-state index contributed by atoms with van der Waals surface area (Å²) in [5.41, 5.74) is 2.76. The predicted molar refractivity (Wildman–Crippen MR) is 79.3 cm³/mol. The summed E-state index contributed by atoms with van der Waals surface area (Å²) in [7, 11) is 3.74. The molecule has 0 spiro atoms. The minimum atomic E-state index is 0.260. The lowest BCUT2D eigenvalue weighted by Crippen LogP contribution is -2.30. The fourth-order valence-corrected chi connectivity index (χ4v) is 2.18. The largest absolute Gasteiger partial charge is 0.385 e. The molecule has 1 N–H and O–H groups in total. The van der Waals surface area contributed by atoms with E-state index >= 15 is 0 Å². The Balaban J connectivity index is 2.49. The second-order valence-corrected chi connectivity index (χ2v) is 6.38. The lowest BCUT2D eigenvalue weighted by molar-refractivity contribution is 0.150. The number of nitrogens with one attached hydrogen (secondary N) is 1. The highest BCUT2D eigenvalue weighted by atomic mass is 16.5. The third-order valence-electron chi connectivity index (χ3n) is 3.39. The summed E-state index contributed by atoms with van der Waals surface area (Å²) in [5.74, 6) is 0.472. The van der Waals surface area contributed by atoms with Crippen molar-refractivity contribution < 1.29 is 4.74 Å². The molecule has 0 bridgehead atoms. The van der Waals surface area contributed by atoms with Crippen LogP contribution in [0.15, 0.2) is 6.20 Å². The minimum absolute atomic E-state index is 0.260. The zero-order chi connectivity index (χ0) is 14.5. The normalized spacial score (nSPS) is 12.4. The van der Waals surface area contributed by atoms with Crippen molar-refractivity contribution >= 4 is 0 Å². The van der Waals surface area contributed by atoms with Crippen LogP contribution in [0.25, 0.3) is 0 Å². The zero-order valence-corrected chi connectivity index (χ0v) is 13.3. The van der Waals surface area contributed by atoms with Gasteiger partial charge in [-0.25, -0.2) is 0 Å². The van der Waals surface area contributed by atoms with Crippen LogP contribution in [0.2, 0.25) is 0 Å². The first kappa shape index (κ1) is 16.2. The highest BCUT2D eigenvalue weighted by Gasteiger charge is 2.18. The molecule has 1 aromatic heterocycles. The van der Waals surface area contributed by atoms with Crippen LogP contribution in [0.4, 0.5) is 0 Å². The Morgan fingerprint density at radius 1 is 1.42 bits per heavy atom. The number of aromatic nitrogens is 2. The number of hydrogen-bond donors (Lipinski definition) is 1. The highest BCUT2D eigenvalue weighted by molar-refractivity contribution is 5.19. The molecule has 0 aliphatic rings. The van der Waals surface area contributed by atoms with E-state index in [1.807, 2.05) is 11.7 Å².